The highest BCUT2D eigenvalue weighted by molar-refractivity contribution is 8.18. The highest BCUT2D eigenvalue weighted by Gasteiger charge is 2.36. The van der Waals surface area contributed by atoms with E-state index in [1.165, 1.54) is 0 Å². The third kappa shape index (κ3) is 5.69. The maximum Gasteiger partial charge on any atom is 0.294 e. The molecule has 0 atom stereocenters. The number of imide groups is 1. The van der Waals surface area contributed by atoms with Crippen molar-refractivity contribution < 1.29 is 19.1 Å². The molecule has 1 fully saturated rings. The summed E-state index contributed by atoms with van der Waals surface area (Å²) in [7, 11) is 0. The van der Waals surface area contributed by atoms with Gasteiger partial charge in [0.1, 0.15) is 18.9 Å². The number of hydrogen-bond donors (Lipinski definition) is 1. The third-order valence-electron chi connectivity index (χ3n) is 5.75. The van der Waals surface area contributed by atoms with Gasteiger partial charge in [-0.2, -0.15) is 0 Å². The molecule has 0 bridgehead atoms. The second kappa shape index (κ2) is 10.9. The number of carbonyl (C=O) groups is 3. The lowest BCUT2D eigenvalue weighted by Gasteiger charge is -2.13. The zero-order chi connectivity index (χ0) is 25.8. The van der Waals surface area contributed by atoms with Crippen LogP contribution in [0.15, 0.2) is 95.9 Å². The van der Waals surface area contributed by atoms with E-state index in [9.17, 15) is 14.4 Å². The molecule has 0 radical (unpaired) electrons. The number of anilines is 1. The Labute approximate surface area is 222 Å². The number of halogens is 1. The van der Waals surface area contributed by atoms with Crippen molar-refractivity contribution in [1.82, 2.24) is 4.90 Å². The summed E-state index contributed by atoms with van der Waals surface area (Å²) in [5.74, 6) is -0.399. The quantitative estimate of drug-likeness (QED) is 0.269. The molecule has 4 aromatic carbocycles. The van der Waals surface area contributed by atoms with E-state index in [2.05, 4.69) is 5.32 Å². The largest absolute Gasteiger partial charge is 0.488 e. The van der Waals surface area contributed by atoms with Gasteiger partial charge in [0, 0.05) is 16.3 Å². The minimum absolute atomic E-state index is 0.227. The third-order valence-corrected chi connectivity index (χ3v) is 6.91. The van der Waals surface area contributed by atoms with Gasteiger partial charge in [0.05, 0.1) is 4.91 Å². The van der Waals surface area contributed by atoms with Crippen molar-refractivity contribution in [2.24, 2.45) is 0 Å². The zero-order valence-corrected chi connectivity index (χ0v) is 21.1. The number of carbonyl (C=O) groups excluding carboxylic acids is 3. The number of para-hydroxylation sites is 1. The molecule has 0 saturated carbocycles. The van der Waals surface area contributed by atoms with Gasteiger partial charge in [-0.15, -0.1) is 0 Å². The van der Waals surface area contributed by atoms with Crippen LogP contribution in [0.5, 0.6) is 5.75 Å². The first-order valence-corrected chi connectivity index (χ1v) is 12.7. The van der Waals surface area contributed by atoms with Crippen LogP contribution in [-0.4, -0.2) is 28.5 Å². The lowest BCUT2D eigenvalue weighted by molar-refractivity contribution is -0.127. The number of fused-ring (bicyclic) bond motifs is 1. The fraction of sp³-hybridized carbons (Fsp3) is 0.0690. The topological polar surface area (TPSA) is 75.7 Å². The van der Waals surface area contributed by atoms with E-state index in [0.29, 0.717) is 28.6 Å². The number of benzene rings is 4. The Hall–Kier alpha value is -4.07. The van der Waals surface area contributed by atoms with Crippen LogP contribution in [0.1, 0.15) is 11.1 Å². The molecule has 1 saturated heterocycles. The summed E-state index contributed by atoms with van der Waals surface area (Å²) in [6.07, 6.45) is 1.67. The van der Waals surface area contributed by atoms with Crippen molar-refractivity contribution in [3.63, 3.8) is 0 Å². The molecule has 0 unspecified atom stereocenters. The summed E-state index contributed by atoms with van der Waals surface area (Å²) >= 11 is 6.79. The molecule has 5 rings (SSSR count). The van der Waals surface area contributed by atoms with Crippen LogP contribution in [0.3, 0.4) is 0 Å². The van der Waals surface area contributed by atoms with Crippen LogP contribution < -0.4 is 10.1 Å². The second-order valence-corrected chi connectivity index (χ2v) is 9.73. The lowest BCUT2D eigenvalue weighted by atomic mass is 10.0. The summed E-state index contributed by atoms with van der Waals surface area (Å²) in [4.78, 5) is 39.5. The van der Waals surface area contributed by atoms with Gasteiger partial charge in [-0.3, -0.25) is 19.3 Å². The molecule has 184 valence electrons. The first kappa shape index (κ1) is 24.6. The monoisotopic (exact) mass is 528 g/mol. The molecule has 0 aromatic heterocycles. The average Bonchev–Trinajstić information content (AvgIpc) is 3.17. The minimum atomic E-state index is -0.519. The molecule has 0 aliphatic carbocycles. The number of thioether (sulfide) groups is 1. The molecule has 37 heavy (non-hydrogen) atoms. The van der Waals surface area contributed by atoms with E-state index in [0.717, 1.165) is 33.0 Å². The molecule has 1 aliphatic heterocycles. The molecule has 1 aliphatic rings. The zero-order valence-electron chi connectivity index (χ0n) is 19.5. The molecule has 6 nitrogen and oxygen atoms in total. The highest BCUT2D eigenvalue weighted by Crippen LogP contribution is 2.37. The van der Waals surface area contributed by atoms with Crippen LogP contribution in [0.2, 0.25) is 5.02 Å². The van der Waals surface area contributed by atoms with E-state index in [1.807, 2.05) is 54.6 Å². The van der Waals surface area contributed by atoms with Gasteiger partial charge in [0.2, 0.25) is 5.91 Å². The molecule has 1 N–H and O–H groups in total. The normalized spacial score (nSPS) is 14.4. The van der Waals surface area contributed by atoms with Crippen LogP contribution in [0, 0.1) is 0 Å². The van der Waals surface area contributed by atoms with Gasteiger partial charge in [-0.25, -0.2) is 0 Å². The Balaban J connectivity index is 1.40. The van der Waals surface area contributed by atoms with Crippen LogP contribution in [-0.2, 0) is 16.2 Å². The van der Waals surface area contributed by atoms with Gasteiger partial charge in [0.15, 0.2) is 0 Å². The number of nitrogens with zero attached hydrogens (tertiary/aromatic N) is 1. The summed E-state index contributed by atoms with van der Waals surface area (Å²) in [5.41, 5.74) is 2.22. The fourth-order valence-electron chi connectivity index (χ4n) is 3.93. The number of hydrogen-bond acceptors (Lipinski definition) is 5. The standard InChI is InChI=1S/C29H21ClN2O4S/c30-21-13-10-19(11-14-21)18-36-25-15-12-20-6-4-5-9-23(20)24(25)16-26-28(34)32(29(35)37-26)17-27(33)31-22-7-2-1-3-8-22/h1-16H,17-18H2,(H,31,33)/b26-16-. The SMILES string of the molecule is O=C(CN1C(=O)S/C(=C\c2c(OCc3ccc(Cl)cc3)ccc3ccccc23)C1=O)Nc1ccccc1. The first-order valence-electron chi connectivity index (χ1n) is 11.5. The predicted molar refractivity (Wildman–Crippen MR) is 147 cm³/mol. The second-order valence-electron chi connectivity index (χ2n) is 8.30. The molecular formula is C29H21ClN2O4S. The smallest absolute Gasteiger partial charge is 0.294 e. The van der Waals surface area contributed by atoms with Crippen LogP contribution >= 0.6 is 23.4 Å². The highest BCUT2D eigenvalue weighted by atomic mass is 35.5. The Morgan fingerprint density at radius 1 is 0.919 bits per heavy atom. The van der Waals surface area contributed by atoms with E-state index < -0.39 is 17.1 Å². The average molecular weight is 529 g/mol. The van der Waals surface area contributed by atoms with E-state index >= 15 is 0 Å². The van der Waals surface area contributed by atoms with Crippen molar-refractivity contribution in [2.75, 3.05) is 11.9 Å². The van der Waals surface area contributed by atoms with Gasteiger partial charge >= 0.3 is 0 Å². The van der Waals surface area contributed by atoms with Crippen molar-refractivity contribution in [3.8, 4) is 5.75 Å². The van der Waals surface area contributed by atoms with E-state index in [1.54, 1.807) is 42.5 Å². The summed E-state index contributed by atoms with van der Waals surface area (Å²) in [6, 6.07) is 27.8. The summed E-state index contributed by atoms with van der Waals surface area (Å²) in [5, 5.41) is 4.69. The van der Waals surface area contributed by atoms with Gasteiger partial charge in [0.25, 0.3) is 11.1 Å². The van der Waals surface area contributed by atoms with Crippen LogP contribution in [0.25, 0.3) is 16.8 Å². The van der Waals surface area contributed by atoms with Crippen molar-refractivity contribution in [2.45, 2.75) is 6.61 Å². The van der Waals surface area contributed by atoms with Gasteiger partial charge in [-0.1, -0.05) is 72.3 Å². The minimum Gasteiger partial charge on any atom is -0.488 e. The molecule has 0 spiro atoms. The molecule has 4 aromatic rings. The van der Waals surface area contributed by atoms with Crippen molar-refractivity contribution >= 4 is 63.0 Å². The predicted octanol–water partition coefficient (Wildman–Crippen LogP) is 6.75. The molecule has 3 amide bonds. The summed E-state index contributed by atoms with van der Waals surface area (Å²) < 4.78 is 6.13. The number of nitrogens with one attached hydrogen (secondary N) is 1. The van der Waals surface area contributed by atoms with Crippen molar-refractivity contribution in [1.29, 1.82) is 0 Å². The fourth-order valence-corrected chi connectivity index (χ4v) is 4.87. The first-order chi connectivity index (χ1) is 18.0. The number of rotatable bonds is 7. The Kier molecular flexibility index (Phi) is 7.25. The van der Waals surface area contributed by atoms with E-state index in [4.69, 9.17) is 16.3 Å². The van der Waals surface area contributed by atoms with Gasteiger partial charge < -0.3 is 10.1 Å². The number of ether oxygens (including phenoxy) is 1. The van der Waals surface area contributed by atoms with Gasteiger partial charge in [-0.05, 0) is 64.5 Å². The maximum atomic E-state index is 13.1. The molecule has 1 heterocycles. The lowest BCUT2D eigenvalue weighted by Crippen LogP contribution is -2.36. The molecular weight excluding hydrogens is 508 g/mol. The molecule has 8 heteroatoms. The summed E-state index contributed by atoms with van der Waals surface area (Å²) in [6.45, 7) is -0.0656. The number of amides is 3. The Morgan fingerprint density at radius 3 is 2.43 bits per heavy atom. The Morgan fingerprint density at radius 2 is 1.65 bits per heavy atom. The van der Waals surface area contributed by atoms with Crippen LogP contribution in [0.4, 0.5) is 10.5 Å². The van der Waals surface area contributed by atoms with E-state index in [-0.39, 0.29) is 11.4 Å². The maximum absolute atomic E-state index is 13.1. The van der Waals surface area contributed by atoms with Crippen molar-refractivity contribution in [3.05, 3.63) is 112 Å². The Bertz CT molecular complexity index is 1520.